The van der Waals surface area contributed by atoms with Crippen LogP contribution in [-0.4, -0.2) is 23.0 Å². The summed E-state index contributed by atoms with van der Waals surface area (Å²) in [5, 5.41) is 0. The van der Waals surface area contributed by atoms with E-state index in [1.807, 2.05) is 0 Å². The minimum absolute atomic E-state index is 0. The molecule has 0 aromatic carbocycles. The number of hydrogen-bond acceptors (Lipinski definition) is 4. The first-order valence-corrected chi connectivity index (χ1v) is 2.00. The Bertz CT molecular complexity index is 95.6. The third-order valence-electron chi connectivity index (χ3n) is 0. The molecule has 0 aromatic heterocycles. The summed E-state index contributed by atoms with van der Waals surface area (Å²) in [4.78, 5) is 0. The predicted octanol–water partition coefficient (Wildman–Crippen LogP) is -5.16. The van der Waals surface area contributed by atoms with E-state index in [0.29, 0.717) is 0 Å². The molecular weight excluding hydrogens is 242 g/mol. The van der Waals surface area contributed by atoms with E-state index in [1.54, 1.807) is 0 Å². The van der Waals surface area contributed by atoms with Crippen molar-refractivity contribution in [2.24, 2.45) is 0 Å². The van der Waals surface area contributed by atoms with Crippen LogP contribution in [0.3, 0.4) is 0 Å². The minimum Gasteiger partial charge on any atom is -0.759 e. The van der Waals surface area contributed by atoms with Gasteiger partial charge in [-0.15, -0.1) is 0 Å². The van der Waals surface area contributed by atoms with Crippen LogP contribution in [0.25, 0.3) is 0 Å². The molecule has 0 spiro atoms. The zero-order chi connectivity index (χ0) is 4.50. The normalized spacial score (nSPS) is 7.25. The van der Waals surface area contributed by atoms with E-state index in [9.17, 15) is 0 Å². The summed E-state index contributed by atoms with van der Waals surface area (Å²) in [6.07, 6.45) is 0. The molecule has 0 radical (unpaired) electrons. The zero-order valence-corrected chi connectivity index (χ0v) is 10.4. The molecule has 0 atom stereocenters. The van der Waals surface area contributed by atoms with E-state index in [-0.39, 0.29) is 83.1 Å². The van der Waals surface area contributed by atoms with Crippen LogP contribution in [0.4, 0.5) is 0 Å². The van der Waals surface area contributed by atoms with Gasteiger partial charge < -0.3 is 14.6 Å². The Morgan fingerprint density at radius 1 is 1.12 bits per heavy atom. The van der Waals surface area contributed by atoms with Crippen molar-refractivity contribution in [3.05, 3.63) is 0 Å². The Morgan fingerprint density at radius 3 is 1.12 bits per heavy atom. The van der Waals surface area contributed by atoms with E-state index in [2.05, 4.69) is 0 Å². The van der Waals surface area contributed by atoms with Crippen LogP contribution in [0, 0.1) is 0 Å². The molecule has 0 unspecified atom stereocenters. The van der Waals surface area contributed by atoms with E-state index < -0.39 is 10.4 Å². The van der Waals surface area contributed by atoms with Crippen molar-refractivity contribution in [2.75, 3.05) is 0 Å². The molecule has 0 bridgehead atoms. The summed E-state index contributed by atoms with van der Waals surface area (Å²) in [5.74, 6) is 0. The van der Waals surface area contributed by atoms with Gasteiger partial charge in [-0.3, -0.25) is 8.42 Å². The van der Waals surface area contributed by atoms with Gasteiger partial charge in [-0.1, -0.05) is 0 Å². The van der Waals surface area contributed by atoms with Gasteiger partial charge >= 0.3 is 77.6 Å². The summed E-state index contributed by atoms with van der Waals surface area (Å²) in [5.41, 5.74) is 0. The van der Waals surface area contributed by atoms with Crippen molar-refractivity contribution >= 4 is 10.4 Å². The van der Waals surface area contributed by atoms with E-state index in [0.717, 1.165) is 0 Å². The van der Waals surface area contributed by atoms with Crippen LogP contribution in [0.2, 0.25) is 0 Å². The number of rotatable bonds is 0. The van der Waals surface area contributed by atoms with E-state index in [1.165, 1.54) is 0 Å². The largest absolute Gasteiger partial charge is 4.00 e. The molecule has 0 saturated carbocycles. The molecule has 40 valence electrons. The molecule has 0 aliphatic carbocycles. The maximum Gasteiger partial charge on any atom is 4.00 e. The Labute approximate surface area is 109 Å². The summed E-state index contributed by atoms with van der Waals surface area (Å²) in [6.45, 7) is 0. The van der Waals surface area contributed by atoms with Crippen molar-refractivity contribution < 1.29 is 101 Å². The molecule has 0 aliphatic rings. The monoisotopic (exact) mass is 243 g/mol. The van der Waals surface area contributed by atoms with Gasteiger partial charge in [0.2, 0.25) is 0 Å². The zero-order valence-electron chi connectivity index (χ0n) is 4.04. The molecule has 5 nitrogen and oxygen atoms in total. The summed E-state index contributed by atoms with van der Waals surface area (Å²) in [6, 6.07) is 0. The third-order valence-corrected chi connectivity index (χ3v) is 0. The topological polar surface area (TPSA) is 112 Å². The molecule has 8 heteroatoms. The second-order valence-corrected chi connectivity index (χ2v) is 1.22. The van der Waals surface area contributed by atoms with Gasteiger partial charge in [0.25, 0.3) is 0 Å². The fraction of sp³-hybridized carbons (Fsp3) is 0. The van der Waals surface area contributed by atoms with Crippen LogP contribution in [0.1, 0.15) is 0 Å². The average Bonchev–Trinajstić information content (AvgIpc) is 0.722. The molecule has 0 aromatic rings. The number of hydrogen-bond donors (Lipinski definition) is 0. The standard InChI is InChI=1S/K.H2O4S.H2O.Zr/c;1-5(2,3)4;;/h;(H2,1,2,3,4);1H2;/q+1;;;+4/p-2. The third kappa shape index (κ3) is 81.7. The molecule has 0 amide bonds. The van der Waals surface area contributed by atoms with Crippen molar-refractivity contribution in [2.45, 2.75) is 0 Å². The molecule has 0 rings (SSSR count). The second-order valence-electron chi connectivity index (χ2n) is 0.408. The molecule has 0 saturated heterocycles. The van der Waals surface area contributed by atoms with E-state index in [4.69, 9.17) is 17.5 Å². The van der Waals surface area contributed by atoms with Gasteiger partial charge in [-0.05, 0) is 0 Å². The van der Waals surface area contributed by atoms with Crippen LogP contribution in [-0.2, 0) is 36.6 Å². The van der Waals surface area contributed by atoms with Gasteiger partial charge in [0, 0.05) is 10.4 Å². The van der Waals surface area contributed by atoms with Gasteiger partial charge in [0.15, 0.2) is 0 Å². The molecule has 0 fully saturated rings. The van der Waals surface area contributed by atoms with Crippen LogP contribution in [0.5, 0.6) is 0 Å². The first-order chi connectivity index (χ1) is 2.00. The molecule has 8 heavy (non-hydrogen) atoms. The van der Waals surface area contributed by atoms with Crippen molar-refractivity contribution in [3.8, 4) is 0 Å². The minimum atomic E-state index is -5.17. The van der Waals surface area contributed by atoms with E-state index >= 15 is 0 Å². The molecule has 2 N–H and O–H groups in total. The van der Waals surface area contributed by atoms with Gasteiger partial charge in [0.1, 0.15) is 0 Å². The van der Waals surface area contributed by atoms with Crippen LogP contribution in [0.15, 0.2) is 0 Å². The van der Waals surface area contributed by atoms with Crippen LogP contribution >= 0.6 is 0 Å². The first-order valence-electron chi connectivity index (χ1n) is 0.667. The summed E-state index contributed by atoms with van der Waals surface area (Å²) in [7, 11) is -5.17. The molecule has 0 heterocycles. The SMILES string of the molecule is O.O=S(=O)([O-])[O-].[K+].[Zr+4]. The molecule has 0 aliphatic heterocycles. The Kier molecular flexibility index (Phi) is 26.2. The first kappa shape index (κ1) is 22.4. The van der Waals surface area contributed by atoms with Gasteiger partial charge in [-0.25, -0.2) is 0 Å². The average molecular weight is 244 g/mol. The van der Waals surface area contributed by atoms with Gasteiger partial charge in [-0.2, -0.15) is 0 Å². The fourth-order valence-corrected chi connectivity index (χ4v) is 0. The second kappa shape index (κ2) is 9.35. The Morgan fingerprint density at radius 2 is 1.12 bits per heavy atom. The maximum absolute atomic E-state index is 8.52. The predicted molar refractivity (Wildman–Crippen MR) is 14.1 cm³/mol. The smallest absolute Gasteiger partial charge is 0.759 e. The van der Waals surface area contributed by atoms with Crippen molar-refractivity contribution in [3.63, 3.8) is 0 Å². The van der Waals surface area contributed by atoms with Gasteiger partial charge in [0.05, 0.1) is 0 Å². The summed E-state index contributed by atoms with van der Waals surface area (Å²) < 4.78 is 34.1. The molecular formula is H2KO5SZr+3. The summed E-state index contributed by atoms with van der Waals surface area (Å²) >= 11 is 0. The Hall–Kier alpha value is 2.35. The van der Waals surface area contributed by atoms with Crippen molar-refractivity contribution in [1.82, 2.24) is 0 Å². The maximum atomic E-state index is 8.52. The fourth-order valence-electron chi connectivity index (χ4n) is 0. The van der Waals surface area contributed by atoms with Crippen molar-refractivity contribution in [1.29, 1.82) is 0 Å². The Balaban J connectivity index is -0.0000000267. The quantitative estimate of drug-likeness (QED) is 0.241. The van der Waals surface area contributed by atoms with Crippen LogP contribution < -0.4 is 51.4 Å².